The summed E-state index contributed by atoms with van der Waals surface area (Å²) in [4.78, 5) is 16.6. The molecule has 0 unspecified atom stereocenters. The van der Waals surface area contributed by atoms with Crippen molar-refractivity contribution in [2.24, 2.45) is 0 Å². The smallest absolute Gasteiger partial charge is 0.223 e. The average Bonchev–Trinajstić information content (AvgIpc) is 3.30. The molecule has 12 nitrogen and oxygen atoms in total. The summed E-state index contributed by atoms with van der Waals surface area (Å²) in [6, 6.07) is 0. The quantitative estimate of drug-likeness (QED) is 0.168. The van der Waals surface area contributed by atoms with Crippen molar-refractivity contribution in [2.75, 3.05) is 11.7 Å². The summed E-state index contributed by atoms with van der Waals surface area (Å²) in [5, 5.41) is 19.0. The highest BCUT2D eigenvalue weighted by Crippen LogP contribution is 2.34. The van der Waals surface area contributed by atoms with Crippen molar-refractivity contribution in [3.05, 3.63) is 42.5 Å². The van der Waals surface area contributed by atoms with Crippen LogP contribution >= 0.6 is 78.6 Å². The normalized spacial score (nSPS) is 11.4. The number of hydrogen-bond acceptors (Lipinski definition) is 12. The highest BCUT2D eigenvalue weighted by molar-refractivity contribution is 9.10. The number of nitrogens with two attached hydrogens (primary N) is 2. The highest BCUT2D eigenvalue weighted by Gasteiger charge is 2.19. The first-order valence-corrected chi connectivity index (χ1v) is 13.2. The van der Waals surface area contributed by atoms with Gasteiger partial charge in [-0.25, -0.2) is 29.3 Å². The monoisotopic (exact) mass is 666 g/mol. The molecule has 0 amide bonds. The molecule has 0 radical (unpaired) electrons. The standard InChI is InChI=1S/C16H14Br2Cl2N12S2/c1-5-9(17)11(25-13(19)23-5)33-15-29-27-7(31(15)21)3-4-8-28-30-16(32(8)22)34-12-10(18)6(2)24-14(20)26-12/h3-4,21-22H2,1-2H3. The number of rotatable bonds is 7. The molecule has 0 aliphatic carbocycles. The molecule has 18 heteroatoms. The van der Waals surface area contributed by atoms with Gasteiger partial charge in [-0.05, 0) is 92.4 Å². The second-order valence-corrected chi connectivity index (χ2v) is 10.8. The van der Waals surface area contributed by atoms with Crippen LogP contribution < -0.4 is 11.7 Å². The van der Waals surface area contributed by atoms with Crippen LogP contribution in [0.4, 0.5) is 0 Å². The van der Waals surface area contributed by atoms with Gasteiger partial charge < -0.3 is 11.7 Å². The molecular formula is C16H14Br2Cl2N12S2. The fourth-order valence-corrected chi connectivity index (χ4v) is 5.65. The van der Waals surface area contributed by atoms with E-state index in [1.54, 1.807) is 0 Å². The largest absolute Gasteiger partial charge is 0.336 e. The van der Waals surface area contributed by atoms with Crippen molar-refractivity contribution < 1.29 is 0 Å². The summed E-state index contributed by atoms with van der Waals surface area (Å²) in [5.41, 5.74) is 1.40. The molecule has 0 atom stereocenters. The Hall–Kier alpha value is -1.72. The minimum atomic E-state index is 0.133. The van der Waals surface area contributed by atoms with Crippen molar-refractivity contribution >= 4 is 78.6 Å². The van der Waals surface area contributed by atoms with Gasteiger partial charge in [0.1, 0.15) is 10.1 Å². The molecule has 4 aromatic rings. The fraction of sp³-hybridized carbons (Fsp3) is 0.250. The Bertz CT molecular complexity index is 1280. The van der Waals surface area contributed by atoms with Gasteiger partial charge in [0.05, 0.1) is 20.3 Å². The van der Waals surface area contributed by atoms with Gasteiger partial charge in [0.25, 0.3) is 0 Å². The van der Waals surface area contributed by atoms with Gasteiger partial charge in [0.2, 0.25) is 20.9 Å². The maximum Gasteiger partial charge on any atom is 0.223 e. The summed E-state index contributed by atoms with van der Waals surface area (Å²) in [6.07, 6.45) is 0.855. The van der Waals surface area contributed by atoms with E-state index in [2.05, 4.69) is 72.2 Å². The average molecular weight is 669 g/mol. The SMILES string of the molecule is Cc1nc(Cl)nc(Sc2nnc(CCc3nnc(Sc4nc(Cl)nc(C)c4Br)n3N)n2N)c1Br. The van der Waals surface area contributed by atoms with Gasteiger partial charge in [-0.2, -0.15) is 0 Å². The van der Waals surface area contributed by atoms with Crippen LogP contribution in [0, 0.1) is 13.8 Å². The lowest BCUT2D eigenvalue weighted by molar-refractivity contribution is 0.718. The highest BCUT2D eigenvalue weighted by atomic mass is 79.9. The maximum absolute atomic E-state index is 6.20. The van der Waals surface area contributed by atoms with Crippen LogP contribution in [0.2, 0.25) is 10.6 Å². The lowest BCUT2D eigenvalue weighted by Crippen LogP contribution is -2.18. The molecule has 4 rings (SSSR count). The first-order chi connectivity index (χ1) is 16.1. The van der Waals surface area contributed by atoms with Crippen LogP contribution in [0.5, 0.6) is 0 Å². The molecule has 4 N–H and O–H groups in total. The van der Waals surface area contributed by atoms with E-state index in [0.29, 0.717) is 65.2 Å². The zero-order chi connectivity index (χ0) is 24.6. The Balaban J connectivity index is 1.46. The Labute approximate surface area is 228 Å². The van der Waals surface area contributed by atoms with Gasteiger partial charge in [0, 0.05) is 12.8 Å². The van der Waals surface area contributed by atoms with Crippen LogP contribution in [-0.4, -0.2) is 49.7 Å². The third kappa shape index (κ3) is 5.41. The van der Waals surface area contributed by atoms with Crippen molar-refractivity contribution in [3.8, 4) is 0 Å². The summed E-state index contributed by atoms with van der Waals surface area (Å²) >= 11 is 21.3. The third-order valence-corrected chi connectivity index (χ3v) is 9.00. The number of aryl methyl sites for hydroxylation is 4. The molecule has 0 bridgehead atoms. The van der Waals surface area contributed by atoms with Crippen molar-refractivity contribution in [2.45, 2.75) is 47.1 Å². The van der Waals surface area contributed by atoms with E-state index in [9.17, 15) is 0 Å². The second-order valence-electron chi connectivity index (χ2n) is 6.64. The van der Waals surface area contributed by atoms with E-state index in [1.165, 1.54) is 32.9 Å². The van der Waals surface area contributed by atoms with E-state index in [4.69, 9.17) is 34.9 Å². The van der Waals surface area contributed by atoms with Crippen LogP contribution in [0.25, 0.3) is 0 Å². The maximum atomic E-state index is 6.20. The van der Waals surface area contributed by atoms with Crippen molar-refractivity contribution in [1.29, 1.82) is 0 Å². The Morgan fingerprint density at radius 2 is 1.09 bits per heavy atom. The first kappa shape index (κ1) is 25.4. The number of nitrogens with zero attached hydrogens (tertiary/aromatic N) is 10. The lowest BCUT2D eigenvalue weighted by atomic mass is 10.3. The first-order valence-electron chi connectivity index (χ1n) is 9.27. The molecule has 0 saturated heterocycles. The summed E-state index contributed by atoms with van der Waals surface area (Å²) in [7, 11) is 0. The molecule has 0 fully saturated rings. The molecule has 0 aliphatic rings. The van der Waals surface area contributed by atoms with E-state index in [-0.39, 0.29) is 10.6 Å². The van der Waals surface area contributed by atoms with Gasteiger partial charge in [-0.1, -0.05) is 0 Å². The third-order valence-electron chi connectivity index (χ3n) is 4.34. The minimum absolute atomic E-state index is 0.133. The van der Waals surface area contributed by atoms with Gasteiger partial charge in [-0.3, -0.25) is 0 Å². The lowest BCUT2D eigenvalue weighted by Gasteiger charge is -2.07. The molecule has 4 heterocycles. The molecule has 4 aromatic heterocycles. The number of hydrogen-bond donors (Lipinski definition) is 2. The summed E-state index contributed by atoms with van der Waals surface area (Å²) in [6.45, 7) is 3.63. The summed E-state index contributed by atoms with van der Waals surface area (Å²) < 4.78 is 4.19. The molecular weight excluding hydrogens is 655 g/mol. The van der Waals surface area contributed by atoms with E-state index in [0.717, 1.165) is 0 Å². The van der Waals surface area contributed by atoms with E-state index in [1.807, 2.05) is 13.8 Å². The molecule has 0 saturated carbocycles. The predicted molar refractivity (Wildman–Crippen MR) is 135 cm³/mol. The van der Waals surface area contributed by atoms with E-state index >= 15 is 0 Å². The van der Waals surface area contributed by atoms with Crippen LogP contribution in [-0.2, 0) is 12.8 Å². The van der Waals surface area contributed by atoms with Gasteiger partial charge in [-0.15, -0.1) is 20.4 Å². The van der Waals surface area contributed by atoms with Crippen LogP contribution in [0.3, 0.4) is 0 Å². The van der Waals surface area contributed by atoms with Crippen molar-refractivity contribution in [3.63, 3.8) is 0 Å². The minimum Gasteiger partial charge on any atom is -0.336 e. The fourth-order valence-electron chi connectivity index (χ4n) is 2.63. The Kier molecular flexibility index (Phi) is 7.83. The van der Waals surface area contributed by atoms with Crippen molar-refractivity contribution in [1.82, 2.24) is 49.7 Å². The number of nitrogen functional groups attached to an aromatic ring is 2. The second kappa shape index (κ2) is 10.5. The predicted octanol–water partition coefficient (Wildman–Crippen LogP) is 3.41. The van der Waals surface area contributed by atoms with Crippen LogP contribution in [0.1, 0.15) is 23.0 Å². The Morgan fingerprint density at radius 3 is 1.47 bits per heavy atom. The molecule has 0 aromatic carbocycles. The zero-order valence-corrected chi connectivity index (χ0v) is 23.7. The van der Waals surface area contributed by atoms with Crippen LogP contribution in [0.15, 0.2) is 29.3 Å². The zero-order valence-electron chi connectivity index (χ0n) is 17.4. The molecule has 0 aliphatic heterocycles. The molecule has 34 heavy (non-hydrogen) atoms. The van der Waals surface area contributed by atoms with Gasteiger partial charge in [0.15, 0.2) is 11.6 Å². The molecule has 0 spiro atoms. The Morgan fingerprint density at radius 1 is 0.706 bits per heavy atom. The van der Waals surface area contributed by atoms with Gasteiger partial charge >= 0.3 is 0 Å². The van der Waals surface area contributed by atoms with E-state index < -0.39 is 0 Å². The number of halogens is 4. The topological polar surface area (TPSA) is 165 Å². The number of aromatic nitrogens is 10. The summed E-state index contributed by atoms with van der Waals surface area (Å²) in [5.74, 6) is 13.5. The molecule has 178 valence electrons.